The minimum Gasteiger partial charge on any atom is -0.310 e. The normalized spacial score (nSPS) is 10.8. The average Bonchev–Trinajstić information content (AvgIpc) is 3.17. The molecule has 0 fully saturated rings. The van der Waals surface area contributed by atoms with Crippen molar-refractivity contribution in [3.8, 4) is 5.69 Å². The molecule has 0 bridgehead atoms. The molecule has 5 aromatic rings. The first-order valence-electron chi connectivity index (χ1n) is 9.47. The van der Waals surface area contributed by atoms with E-state index in [0.717, 1.165) is 22.0 Å². The molecule has 2 aromatic carbocycles. The van der Waals surface area contributed by atoms with Gasteiger partial charge in [-0.1, -0.05) is 18.2 Å². The molecule has 0 spiro atoms. The van der Waals surface area contributed by atoms with Gasteiger partial charge in [0, 0.05) is 35.9 Å². The van der Waals surface area contributed by atoms with Crippen LogP contribution in [-0.2, 0) is 0 Å². The van der Waals surface area contributed by atoms with Crippen molar-refractivity contribution in [2.24, 2.45) is 0 Å². The number of anilines is 1. The number of carbonyl (C=O) groups is 1. The van der Waals surface area contributed by atoms with E-state index in [1.807, 2.05) is 42.5 Å². The van der Waals surface area contributed by atoms with Gasteiger partial charge in [-0.3, -0.25) is 14.3 Å². The lowest BCUT2D eigenvalue weighted by Crippen LogP contribution is -2.28. The van der Waals surface area contributed by atoms with E-state index in [2.05, 4.69) is 9.97 Å². The van der Waals surface area contributed by atoms with Gasteiger partial charge in [0.1, 0.15) is 17.2 Å². The highest BCUT2D eigenvalue weighted by Gasteiger charge is 2.22. The van der Waals surface area contributed by atoms with Gasteiger partial charge >= 0.3 is 0 Å². The van der Waals surface area contributed by atoms with Crippen molar-refractivity contribution in [2.75, 3.05) is 11.9 Å². The van der Waals surface area contributed by atoms with Gasteiger partial charge in [-0.15, -0.1) is 12.4 Å². The van der Waals surface area contributed by atoms with Gasteiger partial charge < -0.3 is 4.90 Å². The van der Waals surface area contributed by atoms with Crippen LogP contribution >= 0.6 is 12.4 Å². The van der Waals surface area contributed by atoms with E-state index >= 15 is 0 Å². The summed E-state index contributed by atoms with van der Waals surface area (Å²) in [4.78, 5) is 23.9. The molecule has 3 aromatic heterocycles. The molecular formula is C24H18ClFN4O. The highest BCUT2D eigenvalue weighted by atomic mass is 35.5. The molecule has 1 amide bonds. The van der Waals surface area contributed by atoms with Crippen LogP contribution in [0.3, 0.4) is 0 Å². The summed E-state index contributed by atoms with van der Waals surface area (Å²) in [6.07, 6.45) is 3.38. The zero-order valence-corrected chi connectivity index (χ0v) is 17.4. The molecule has 3 heterocycles. The maximum absolute atomic E-state index is 13.9. The summed E-state index contributed by atoms with van der Waals surface area (Å²) in [6.45, 7) is 0. The molecule has 0 radical (unpaired) electrons. The zero-order chi connectivity index (χ0) is 20.7. The van der Waals surface area contributed by atoms with Gasteiger partial charge in [-0.2, -0.15) is 0 Å². The SMILES string of the molecule is CN(C(=O)c1cc2cccnc2n1-c1cccc(F)c1)c1ccc2cccnc2c1.Cl. The fourth-order valence-electron chi connectivity index (χ4n) is 3.62. The topological polar surface area (TPSA) is 51.0 Å². The van der Waals surface area contributed by atoms with E-state index in [-0.39, 0.29) is 24.1 Å². The predicted octanol–water partition coefficient (Wildman–Crippen LogP) is 5.41. The number of hydrogen-bond donors (Lipinski definition) is 0. The number of amides is 1. The monoisotopic (exact) mass is 432 g/mol. The summed E-state index contributed by atoms with van der Waals surface area (Å²) in [5.74, 6) is -0.606. The molecule has 0 atom stereocenters. The fourth-order valence-corrected chi connectivity index (χ4v) is 3.62. The Kier molecular flexibility index (Phi) is 5.40. The van der Waals surface area contributed by atoms with Gasteiger partial charge in [0.15, 0.2) is 0 Å². The molecule has 0 aliphatic heterocycles. The summed E-state index contributed by atoms with van der Waals surface area (Å²) in [6, 6.07) is 21.2. The number of aromatic nitrogens is 3. The Morgan fingerprint density at radius 3 is 2.48 bits per heavy atom. The number of carbonyl (C=O) groups excluding carboxylic acids is 1. The number of halogens is 2. The van der Waals surface area contributed by atoms with Gasteiger partial charge in [0.2, 0.25) is 0 Å². The first kappa shape index (κ1) is 20.5. The van der Waals surface area contributed by atoms with Crippen molar-refractivity contribution >= 4 is 45.9 Å². The molecule has 0 unspecified atom stereocenters. The van der Waals surface area contributed by atoms with Crippen molar-refractivity contribution in [1.29, 1.82) is 0 Å². The van der Waals surface area contributed by atoms with E-state index in [1.165, 1.54) is 12.1 Å². The lowest BCUT2D eigenvalue weighted by Gasteiger charge is -2.19. The number of fused-ring (bicyclic) bond motifs is 2. The third-order valence-corrected chi connectivity index (χ3v) is 5.13. The highest BCUT2D eigenvalue weighted by Crippen LogP contribution is 2.27. The minimum absolute atomic E-state index is 0. The van der Waals surface area contributed by atoms with Crippen LogP contribution in [0.15, 0.2) is 85.2 Å². The highest BCUT2D eigenvalue weighted by molar-refractivity contribution is 6.08. The number of nitrogens with zero attached hydrogens (tertiary/aromatic N) is 4. The smallest absolute Gasteiger partial charge is 0.275 e. The van der Waals surface area contributed by atoms with E-state index < -0.39 is 0 Å². The third-order valence-electron chi connectivity index (χ3n) is 5.13. The van der Waals surface area contributed by atoms with Crippen LogP contribution in [0.4, 0.5) is 10.1 Å². The Bertz CT molecular complexity index is 1420. The van der Waals surface area contributed by atoms with Gasteiger partial charge in [0.05, 0.1) is 11.2 Å². The Balaban J connectivity index is 0.00000231. The van der Waals surface area contributed by atoms with Crippen molar-refractivity contribution < 1.29 is 9.18 Å². The van der Waals surface area contributed by atoms with E-state index in [0.29, 0.717) is 17.0 Å². The average molecular weight is 433 g/mol. The van der Waals surface area contributed by atoms with Crippen LogP contribution in [0, 0.1) is 5.82 Å². The second-order valence-corrected chi connectivity index (χ2v) is 7.01. The molecule has 7 heteroatoms. The molecule has 31 heavy (non-hydrogen) atoms. The lowest BCUT2D eigenvalue weighted by atomic mass is 10.2. The van der Waals surface area contributed by atoms with Crippen LogP contribution in [0.2, 0.25) is 0 Å². The van der Waals surface area contributed by atoms with Crippen LogP contribution in [0.5, 0.6) is 0 Å². The minimum atomic E-state index is -0.377. The molecule has 0 saturated heterocycles. The summed E-state index contributed by atoms with van der Waals surface area (Å²) >= 11 is 0. The van der Waals surface area contributed by atoms with Crippen LogP contribution in [0.25, 0.3) is 27.6 Å². The maximum Gasteiger partial charge on any atom is 0.275 e. The molecule has 0 aliphatic carbocycles. The van der Waals surface area contributed by atoms with E-state index in [1.54, 1.807) is 47.1 Å². The van der Waals surface area contributed by atoms with Crippen LogP contribution in [0.1, 0.15) is 10.5 Å². The molecule has 5 nitrogen and oxygen atoms in total. The van der Waals surface area contributed by atoms with Gasteiger partial charge in [0.25, 0.3) is 5.91 Å². The van der Waals surface area contributed by atoms with Gasteiger partial charge in [-0.05, 0) is 54.6 Å². The third kappa shape index (κ3) is 3.62. The van der Waals surface area contributed by atoms with Crippen molar-refractivity contribution in [1.82, 2.24) is 14.5 Å². The lowest BCUT2D eigenvalue weighted by molar-refractivity contribution is 0.0987. The Morgan fingerprint density at radius 2 is 1.68 bits per heavy atom. The number of hydrogen-bond acceptors (Lipinski definition) is 3. The summed E-state index contributed by atoms with van der Waals surface area (Å²) in [5.41, 5.74) is 3.07. The van der Waals surface area contributed by atoms with E-state index in [9.17, 15) is 9.18 Å². The maximum atomic E-state index is 13.9. The second-order valence-electron chi connectivity index (χ2n) is 7.01. The molecule has 5 rings (SSSR count). The first-order chi connectivity index (χ1) is 14.6. The summed E-state index contributed by atoms with van der Waals surface area (Å²) < 4.78 is 15.6. The summed E-state index contributed by atoms with van der Waals surface area (Å²) in [7, 11) is 1.72. The summed E-state index contributed by atoms with van der Waals surface area (Å²) in [5, 5.41) is 1.80. The molecule has 154 valence electrons. The fraction of sp³-hybridized carbons (Fsp3) is 0.0417. The Morgan fingerprint density at radius 1 is 0.903 bits per heavy atom. The number of pyridine rings is 2. The largest absolute Gasteiger partial charge is 0.310 e. The van der Waals surface area contributed by atoms with Crippen LogP contribution < -0.4 is 4.90 Å². The molecule has 0 saturated carbocycles. The molecule has 0 aliphatic rings. The Hall–Kier alpha value is -3.77. The molecule has 0 N–H and O–H groups in total. The predicted molar refractivity (Wildman–Crippen MR) is 123 cm³/mol. The Labute approximate surface area is 184 Å². The van der Waals surface area contributed by atoms with Gasteiger partial charge in [-0.25, -0.2) is 9.37 Å². The number of rotatable bonds is 3. The second kappa shape index (κ2) is 8.16. The van der Waals surface area contributed by atoms with Crippen molar-refractivity contribution in [2.45, 2.75) is 0 Å². The van der Waals surface area contributed by atoms with E-state index in [4.69, 9.17) is 0 Å². The zero-order valence-electron chi connectivity index (χ0n) is 16.6. The van der Waals surface area contributed by atoms with Crippen LogP contribution in [-0.4, -0.2) is 27.5 Å². The standard InChI is InChI=1S/C24H17FN4O.ClH/c1-28(19-10-9-16-5-3-11-26-21(16)15-19)24(30)22-13-17-6-4-12-27-23(17)29(22)20-8-2-7-18(25)14-20;/h2-15H,1H3;1H. The number of benzene rings is 2. The van der Waals surface area contributed by atoms with Crippen molar-refractivity contribution in [3.63, 3.8) is 0 Å². The molecular weight excluding hydrogens is 415 g/mol. The van der Waals surface area contributed by atoms with Crippen molar-refractivity contribution in [3.05, 3.63) is 96.7 Å². The first-order valence-corrected chi connectivity index (χ1v) is 9.47. The quantitative estimate of drug-likeness (QED) is 0.383.